The molecule has 0 amide bonds. The van der Waals surface area contributed by atoms with Crippen molar-refractivity contribution in [3.05, 3.63) is 46.0 Å². The van der Waals surface area contributed by atoms with E-state index in [1.54, 1.807) is 13.0 Å². The van der Waals surface area contributed by atoms with Crippen molar-refractivity contribution in [2.45, 2.75) is 50.7 Å². The second kappa shape index (κ2) is 7.03. The minimum absolute atomic E-state index is 0.0324. The molecule has 0 N–H and O–H groups in total. The Bertz CT molecular complexity index is 1130. The van der Waals surface area contributed by atoms with Gasteiger partial charge in [-0.1, -0.05) is 0 Å². The standard InChI is InChI=1S/C21H22F3N5O3/c1-12-3-4-13(7-25-12)16(30)9-29-19-26-17(27-8-15-5-14(27)10-32-15)6-18(31)28(19)11-20(29,2)21(22,23)24/h3-4,6-7,14-15H,5,8-11H2,1-2H3. The van der Waals surface area contributed by atoms with Gasteiger partial charge in [0.2, 0.25) is 5.95 Å². The van der Waals surface area contributed by atoms with E-state index in [0.717, 1.165) is 22.8 Å². The molecule has 5 rings (SSSR count). The lowest BCUT2D eigenvalue weighted by Gasteiger charge is -2.36. The minimum Gasteiger partial charge on any atom is -0.374 e. The van der Waals surface area contributed by atoms with Gasteiger partial charge in [0.05, 0.1) is 31.8 Å². The lowest BCUT2D eigenvalue weighted by atomic mass is 10.00. The largest absolute Gasteiger partial charge is 0.413 e. The summed E-state index contributed by atoms with van der Waals surface area (Å²) < 4.78 is 49.1. The minimum atomic E-state index is -4.69. The van der Waals surface area contributed by atoms with Gasteiger partial charge in [0.1, 0.15) is 5.82 Å². The maximum Gasteiger partial charge on any atom is 0.413 e. The molecule has 5 heterocycles. The second-order valence-corrected chi connectivity index (χ2v) is 8.81. The lowest BCUT2D eigenvalue weighted by molar-refractivity contribution is -0.181. The van der Waals surface area contributed by atoms with Crippen molar-refractivity contribution in [1.29, 1.82) is 0 Å². The summed E-state index contributed by atoms with van der Waals surface area (Å²) in [4.78, 5) is 37.0. The SMILES string of the molecule is Cc1ccc(C(=O)CN2c3nc(N4CC5CC4CO5)cc(=O)n3CC2(C)C(F)(F)F)cn1. The number of aryl methyl sites for hydroxylation is 1. The predicted octanol–water partition coefficient (Wildman–Crippen LogP) is 1.95. The molecule has 170 valence electrons. The van der Waals surface area contributed by atoms with Crippen molar-refractivity contribution in [3.63, 3.8) is 0 Å². The predicted molar refractivity (Wildman–Crippen MR) is 109 cm³/mol. The maximum absolute atomic E-state index is 14.2. The fourth-order valence-corrected chi connectivity index (χ4v) is 4.63. The van der Waals surface area contributed by atoms with Crippen LogP contribution >= 0.6 is 0 Å². The normalized spacial score (nSPS) is 26.7. The second-order valence-electron chi connectivity index (χ2n) is 8.81. The molecule has 2 saturated heterocycles. The maximum atomic E-state index is 14.2. The number of ether oxygens (including phenoxy) is 1. The van der Waals surface area contributed by atoms with Crippen molar-refractivity contribution in [3.8, 4) is 0 Å². The van der Waals surface area contributed by atoms with Gasteiger partial charge in [-0.25, -0.2) is 0 Å². The Kier molecular flexibility index (Phi) is 4.59. The molecule has 11 heteroatoms. The van der Waals surface area contributed by atoms with Crippen molar-refractivity contribution >= 4 is 17.5 Å². The summed E-state index contributed by atoms with van der Waals surface area (Å²) in [6.45, 7) is 2.56. The first-order chi connectivity index (χ1) is 15.1. The van der Waals surface area contributed by atoms with E-state index >= 15 is 0 Å². The molecule has 2 fully saturated rings. The highest BCUT2D eigenvalue weighted by molar-refractivity contribution is 5.99. The smallest absolute Gasteiger partial charge is 0.374 e. The molecule has 0 radical (unpaired) electrons. The number of carbonyl (C=O) groups is 1. The van der Waals surface area contributed by atoms with Gasteiger partial charge >= 0.3 is 6.18 Å². The van der Waals surface area contributed by atoms with E-state index in [1.165, 1.54) is 18.3 Å². The molecule has 2 bridgehead atoms. The van der Waals surface area contributed by atoms with Gasteiger partial charge in [0.25, 0.3) is 5.56 Å². The summed E-state index contributed by atoms with van der Waals surface area (Å²) in [5.74, 6) is -0.364. The molecule has 3 aliphatic heterocycles. The average Bonchev–Trinajstić information content (AvgIpc) is 3.43. The number of rotatable bonds is 4. The van der Waals surface area contributed by atoms with Crippen LogP contribution in [0.25, 0.3) is 0 Å². The highest BCUT2D eigenvalue weighted by atomic mass is 19.4. The van der Waals surface area contributed by atoms with Crippen molar-refractivity contribution in [1.82, 2.24) is 14.5 Å². The van der Waals surface area contributed by atoms with Crippen molar-refractivity contribution in [2.75, 3.05) is 29.5 Å². The van der Waals surface area contributed by atoms with Gasteiger partial charge < -0.3 is 14.5 Å². The van der Waals surface area contributed by atoms with Crippen LogP contribution in [0.15, 0.2) is 29.2 Å². The number of nitrogens with zero attached hydrogens (tertiary/aromatic N) is 5. The molecule has 3 unspecified atom stereocenters. The monoisotopic (exact) mass is 449 g/mol. The van der Waals surface area contributed by atoms with E-state index < -0.39 is 36.1 Å². The van der Waals surface area contributed by atoms with Crippen LogP contribution in [0.2, 0.25) is 0 Å². The highest BCUT2D eigenvalue weighted by Crippen LogP contribution is 2.43. The fraction of sp³-hybridized carbons (Fsp3) is 0.524. The molecule has 32 heavy (non-hydrogen) atoms. The number of anilines is 2. The van der Waals surface area contributed by atoms with Crippen molar-refractivity contribution < 1.29 is 22.7 Å². The first-order valence-corrected chi connectivity index (χ1v) is 10.4. The quantitative estimate of drug-likeness (QED) is 0.660. The Balaban J connectivity index is 1.55. The number of hydrogen-bond acceptors (Lipinski definition) is 7. The van der Waals surface area contributed by atoms with Crippen LogP contribution in [0.1, 0.15) is 29.4 Å². The third-order valence-electron chi connectivity index (χ3n) is 6.62. The number of aromatic nitrogens is 3. The Morgan fingerprint density at radius 2 is 2.12 bits per heavy atom. The van der Waals surface area contributed by atoms with Crippen LogP contribution in [-0.2, 0) is 11.3 Å². The number of ketones is 1. The molecule has 0 aliphatic carbocycles. The molecule has 3 aliphatic rings. The zero-order valence-electron chi connectivity index (χ0n) is 17.6. The Morgan fingerprint density at radius 3 is 2.72 bits per heavy atom. The van der Waals surface area contributed by atoms with Crippen LogP contribution in [0.3, 0.4) is 0 Å². The van der Waals surface area contributed by atoms with Crippen LogP contribution < -0.4 is 15.4 Å². The van der Waals surface area contributed by atoms with E-state index in [9.17, 15) is 22.8 Å². The molecule has 8 nitrogen and oxygen atoms in total. The first-order valence-electron chi connectivity index (χ1n) is 10.4. The molecular weight excluding hydrogens is 427 g/mol. The summed E-state index contributed by atoms with van der Waals surface area (Å²) in [7, 11) is 0. The summed E-state index contributed by atoms with van der Waals surface area (Å²) in [6, 6.07) is 4.47. The van der Waals surface area contributed by atoms with Crippen LogP contribution in [0, 0.1) is 6.92 Å². The van der Waals surface area contributed by atoms with Gasteiger partial charge in [-0.3, -0.25) is 19.1 Å². The average molecular weight is 449 g/mol. The lowest BCUT2D eigenvalue weighted by Crippen LogP contribution is -2.57. The Morgan fingerprint density at radius 1 is 1.34 bits per heavy atom. The summed E-state index contributed by atoms with van der Waals surface area (Å²) in [5, 5.41) is 0. The van der Waals surface area contributed by atoms with Crippen LogP contribution in [0.5, 0.6) is 0 Å². The molecule has 2 aromatic rings. The number of carbonyl (C=O) groups excluding carboxylic acids is 1. The fourth-order valence-electron chi connectivity index (χ4n) is 4.63. The van der Waals surface area contributed by atoms with E-state index in [1.807, 2.05) is 4.90 Å². The first kappa shape index (κ1) is 20.9. The zero-order chi connectivity index (χ0) is 22.8. The van der Waals surface area contributed by atoms with Gasteiger partial charge in [0, 0.05) is 30.1 Å². The molecule has 0 aromatic carbocycles. The third-order valence-corrected chi connectivity index (χ3v) is 6.62. The third kappa shape index (κ3) is 3.17. The van der Waals surface area contributed by atoms with Crippen LogP contribution in [0.4, 0.5) is 24.9 Å². The Hall–Kier alpha value is -2.95. The van der Waals surface area contributed by atoms with Gasteiger partial charge in [-0.05, 0) is 32.4 Å². The molecule has 3 atom stereocenters. The summed E-state index contributed by atoms with van der Waals surface area (Å²) in [6.07, 6.45) is -2.52. The van der Waals surface area contributed by atoms with Crippen LogP contribution in [-0.4, -0.2) is 63.9 Å². The summed E-state index contributed by atoms with van der Waals surface area (Å²) in [5.41, 5.74) is -2.14. The van der Waals surface area contributed by atoms with Crippen molar-refractivity contribution in [2.24, 2.45) is 0 Å². The number of fused-ring (bicyclic) bond motifs is 3. The number of morpholine rings is 1. The van der Waals surface area contributed by atoms with E-state index in [0.29, 0.717) is 24.7 Å². The number of alkyl halides is 3. The Labute approximate surface area is 181 Å². The molecular formula is C21H22F3N5O3. The number of halogens is 3. The number of hydrogen-bond donors (Lipinski definition) is 0. The topological polar surface area (TPSA) is 80.6 Å². The highest BCUT2D eigenvalue weighted by Gasteiger charge is 2.60. The van der Waals surface area contributed by atoms with E-state index in [4.69, 9.17) is 4.74 Å². The number of Topliss-reactive ketones (excluding diaryl/α,β-unsaturated/α-hetero) is 1. The van der Waals surface area contributed by atoms with Gasteiger partial charge in [-0.15, -0.1) is 0 Å². The number of pyridine rings is 1. The van der Waals surface area contributed by atoms with E-state index in [-0.39, 0.29) is 23.7 Å². The molecule has 0 saturated carbocycles. The summed E-state index contributed by atoms with van der Waals surface area (Å²) >= 11 is 0. The molecule has 2 aromatic heterocycles. The zero-order valence-corrected chi connectivity index (χ0v) is 17.6. The van der Waals surface area contributed by atoms with Gasteiger partial charge in [0.15, 0.2) is 11.3 Å². The molecule has 0 spiro atoms. The van der Waals surface area contributed by atoms with Gasteiger partial charge in [-0.2, -0.15) is 18.2 Å². The van der Waals surface area contributed by atoms with E-state index in [2.05, 4.69) is 9.97 Å².